The highest BCUT2D eigenvalue weighted by Gasteiger charge is 2.25. The van der Waals surface area contributed by atoms with Crippen LogP contribution in [0.3, 0.4) is 0 Å². The molecule has 2 aromatic heterocycles. The molecular weight excluding hydrogens is 276 g/mol. The van der Waals surface area contributed by atoms with Crippen LogP contribution in [0.1, 0.15) is 23.2 Å². The van der Waals surface area contributed by atoms with Crippen molar-refractivity contribution in [2.75, 3.05) is 0 Å². The summed E-state index contributed by atoms with van der Waals surface area (Å²) in [5.74, 6) is 0.725. The second kappa shape index (κ2) is 4.94. The molecule has 5 heteroatoms. The average Bonchev–Trinajstić information content (AvgIpc) is 3.24. The van der Waals surface area contributed by atoms with Crippen LogP contribution in [0.5, 0.6) is 0 Å². The van der Waals surface area contributed by atoms with E-state index in [0.717, 1.165) is 29.6 Å². The molecule has 0 aliphatic heterocycles. The Hall–Kier alpha value is -2.69. The molecule has 2 heterocycles. The molecule has 1 N–H and O–H groups in total. The van der Waals surface area contributed by atoms with Gasteiger partial charge in [-0.3, -0.25) is 4.79 Å². The van der Waals surface area contributed by atoms with Gasteiger partial charge in [-0.2, -0.15) is 0 Å². The summed E-state index contributed by atoms with van der Waals surface area (Å²) in [6.07, 6.45) is 5.74. The molecule has 0 unspecified atom stereocenters. The van der Waals surface area contributed by atoms with Gasteiger partial charge >= 0.3 is 0 Å². The van der Waals surface area contributed by atoms with Crippen LogP contribution in [0.4, 0.5) is 0 Å². The lowest BCUT2D eigenvalue weighted by Crippen LogP contribution is -2.25. The third-order valence-corrected chi connectivity index (χ3v) is 3.92. The monoisotopic (exact) mass is 292 g/mol. The third-order valence-electron chi connectivity index (χ3n) is 3.92. The Balaban J connectivity index is 1.89. The number of imidazole rings is 1. The van der Waals surface area contributed by atoms with Crippen molar-refractivity contribution < 1.29 is 4.79 Å². The molecule has 0 spiro atoms. The first kappa shape index (κ1) is 13.0. The van der Waals surface area contributed by atoms with Gasteiger partial charge in [0.15, 0.2) is 5.82 Å². The minimum atomic E-state index is -0.0310. The molecular formula is C17H16N4O. The summed E-state index contributed by atoms with van der Waals surface area (Å²) in [6, 6.07) is 9.89. The van der Waals surface area contributed by atoms with Crippen LogP contribution in [-0.2, 0) is 7.05 Å². The van der Waals surface area contributed by atoms with Gasteiger partial charge in [0.05, 0.1) is 11.1 Å². The van der Waals surface area contributed by atoms with E-state index in [4.69, 9.17) is 0 Å². The summed E-state index contributed by atoms with van der Waals surface area (Å²) >= 11 is 0. The van der Waals surface area contributed by atoms with Gasteiger partial charge < -0.3 is 9.88 Å². The molecule has 1 saturated carbocycles. The fourth-order valence-corrected chi connectivity index (χ4v) is 2.58. The van der Waals surface area contributed by atoms with Gasteiger partial charge in [0.2, 0.25) is 0 Å². The number of nitrogens with zero attached hydrogens (tertiary/aromatic N) is 3. The molecule has 0 saturated heterocycles. The molecule has 4 rings (SSSR count). The van der Waals surface area contributed by atoms with Crippen molar-refractivity contribution in [1.82, 2.24) is 19.9 Å². The predicted molar refractivity (Wildman–Crippen MR) is 84.4 cm³/mol. The van der Waals surface area contributed by atoms with Crippen LogP contribution < -0.4 is 5.32 Å². The number of amides is 1. The lowest BCUT2D eigenvalue weighted by Gasteiger charge is -2.10. The first-order valence-corrected chi connectivity index (χ1v) is 7.41. The lowest BCUT2D eigenvalue weighted by atomic mass is 10.1. The van der Waals surface area contributed by atoms with Crippen LogP contribution >= 0.6 is 0 Å². The lowest BCUT2D eigenvalue weighted by molar-refractivity contribution is 0.0952. The van der Waals surface area contributed by atoms with Crippen LogP contribution in [0.2, 0.25) is 0 Å². The zero-order chi connectivity index (χ0) is 15.1. The van der Waals surface area contributed by atoms with E-state index in [2.05, 4.69) is 15.3 Å². The maximum Gasteiger partial charge on any atom is 0.252 e. The summed E-state index contributed by atoms with van der Waals surface area (Å²) in [5, 5.41) is 3.93. The maximum absolute atomic E-state index is 12.5. The molecule has 5 nitrogen and oxygen atoms in total. The quantitative estimate of drug-likeness (QED) is 0.807. The van der Waals surface area contributed by atoms with E-state index in [0.29, 0.717) is 17.3 Å². The first-order valence-electron chi connectivity index (χ1n) is 7.41. The largest absolute Gasteiger partial charge is 0.349 e. The Kier molecular flexibility index (Phi) is 2.92. The van der Waals surface area contributed by atoms with E-state index in [1.807, 2.05) is 48.1 Å². The molecule has 1 aliphatic carbocycles. The number of aryl methyl sites for hydroxylation is 1. The Morgan fingerprint density at radius 1 is 1.32 bits per heavy atom. The summed E-state index contributed by atoms with van der Waals surface area (Å²) in [4.78, 5) is 21.5. The highest BCUT2D eigenvalue weighted by Crippen LogP contribution is 2.25. The summed E-state index contributed by atoms with van der Waals surface area (Å²) in [5.41, 5.74) is 2.19. The third kappa shape index (κ3) is 2.24. The Bertz CT molecular complexity index is 864. The van der Waals surface area contributed by atoms with Crippen LogP contribution in [0.25, 0.3) is 22.4 Å². The van der Waals surface area contributed by atoms with E-state index in [1.54, 1.807) is 6.20 Å². The van der Waals surface area contributed by atoms with E-state index in [1.165, 1.54) is 0 Å². The Labute approximate surface area is 128 Å². The van der Waals surface area contributed by atoms with Crippen molar-refractivity contribution in [3.8, 4) is 11.5 Å². The standard InChI is InChI=1S/C17H16N4O/c1-21-9-8-18-16(21)15-10-13(17(22)19-11-6-7-11)12-4-2-3-5-14(12)20-15/h2-5,8-11H,6-7H2,1H3,(H,19,22). The van der Waals surface area contributed by atoms with E-state index >= 15 is 0 Å². The zero-order valence-electron chi connectivity index (χ0n) is 12.3. The molecule has 0 bridgehead atoms. The molecule has 3 aromatic rings. The molecule has 1 aromatic carbocycles. The Morgan fingerprint density at radius 2 is 2.14 bits per heavy atom. The summed E-state index contributed by atoms with van der Waals surface area (Å²) < 4.78 is 1.90. The van der Waals surface area contributed by atoms with Crippen molar-refractivity contribution in [1.29, 1.82) is 0 Å². The fraction of sp³-hybridized carbons (Fsp3) is 0.235. The number of hydrogen-bond acceptors (Lipinski definition) is 3. The van der Waals surface area contributed by atoms with Crippen LogP contribution in [0.15, 0.2) is 42.7 Å². The second-order valence-electron chi connectivity index (χ2n) is 5.68. The van der Waals surface area contributed by atoms with Crippen molar-refractivity contribution in [2.45, 2.75) is 18.9 Å². The highest BCUT2D eigenvalue weighted by molar-refractivity contribution is 6.07. The number of fused-ring (bicyclic) bond motifs is 1. The van der Waals surface area contributed by atoms with Gasteiger partial charge in [-0.25, -0.2) is 9.97 Å². The predicted octanol–water partition coefficient (Wildman–Crippen LogP) is 2.53. The van der Waals surface area contributed by atoms with Gasteiger partial charge in [-0.15, -0.1) is 0 Å². The minimum Gasteiger partial charge on any atom is -0.349 e. The molecule has 1 aliphatic rings. The van der Waals surface area contributed by atoms with Gasteiger partial charge in [0.25, 0.3) is 5.91 Å². The van der Waals surface area contributed by atoms with Crippen molar-refractivity contribution in [3.63, 3.8) is 0 Å². The van der Waals surface area contributed by atoms with Crippen molar-refractivity contribution in [3.05, 3.63) is 48.3 Å². The van der Waals surface area contributed by atoms with Gasteiger partial charge in [-0.1, -0.05) is 18.2 Å². The van der Waals surface area contributed by atoms with Gasteiger partial charge in [0.1, 0.15) is 5.69 Å². The minimum absolute atomic E-state index is 0.0310. The molecule has 110 valence electrons. The van der Waals surface area contributed by atoms with Crippen molar-refractivity contribution >= 4 is 16.8 Å². The smallest absolute Gasteiger partial charge is 0.252 e. The number of nitrogens with one attached hydrogen (secondary N) is 1. The Morgan fingerprint density at radius 3 is 2.86 bits per heavy atom. The number of benzene rings is 1. The van der Waals surface area contributed by atoms with Crippen LogP contribution in [-0.4, -0.2) is 26.5 Å². The number of carbonyl (C=O) groups is 1. The average molecular weight is 292 g/mol. The maximum atomic E-state index is 12.5. The van der Waals surface area contributed by atoms with Crippen LogP contribution in [0, 0.1) is 0 Å². The normalized spacial score (nSPS) is 14.2. The number of pyridine rings is 1. The van der Waals surface area contributed by atoms with E-state index < -0.39 is 0 Å². The number of hydrogen-bond donors (Lipinski definition) is 1. The number of rotatable bonds is 3. The van der Waals surface area contributed by atoms with Crippen molar-refractivity contribution in [2.24, 2.45) is 7.05 Å². The van der Waals surface area contributed by atoms with Gasteiger partial charge in [-0.05, 0) is 25.0 Å². The SMILES string of the molecule is Cn1ccnc1-c1cc(C(=O)NC2CC2)c2ccccc2n1. The van der Waals surface area contributed by atoms with E-state index in [-0.39, 0.29) is 5.91 Å². The fourth-order valence-electron chi connectivity index (χ4n) is 2.58. The number of carbonyl (C=O) groups excluding carboxylic acids is 1. The summed E-state index contributed by atoms with van der Waals surface area (Å²) in [6.45, 7) is 0. The molecule has 1 amide bonds. The first-order chi connectivity index (χ1) is 10.7. The highest BCUT2D eigenvalue weighted by atomic mass is 16.1. The number of aromatic nitrogens is 3. The zero-order valence-corrected chi connectivity index (χ0v) is 12.3. The molecule has 22 heavy (non-hydrogen) atoms. The second-order valence-corrected chi connectivity index (χ2v) is 5.68. The number of para-hydroxylation sites is 1. The van der Waals surface area contributed by atoms with Gasteiger partial charge in [0, 0.05) is 30.9 Å². The molecule has 0 radical (unpaired) electrons. The molecule has 0 atom stereocenters. The molecule has 1 fully saturated rings. The topological polar surface area (TPSA) is 59.8 Å². The van der Waals surface area contributed by atoms with E-state index in [9.17, 15) is 4.79 Å². The summed E-state index contributed by atoms with van der Waals surface area (Å²) in [7, 11) is 1.92.